The Hall–Kier alpha value is -0.500. The van der Waals surface area contributed by atoms with Crippen LogP contribution in [0.5, 0.6) is 0 Å². The van der Waals surface area contributed by atoms with Crippen molar-refractivity contribution in [3.63, 3.8) is 0 Å². The van der Waals surface area contributed by atoms with Gasteiger partial charge in [0.05, 0.1) is 0 Å². The van der Waals surface area contributed by atoms with Gasteiger partial charge in [0.2, 0.25) is 0 Å². The molecule has 1 unspecified atom stereocenters. The maximum atomic E-state index is 5.40. The Kier molecular flexibility index (Phi) is 2.11. The van der Waals surface area contributed by atoms with Gasteiger partial charge in [0.1, 0.15) is 0 Å². The molecule has 0 spiro atoms. The molecule has 3 N–H and O–H groups in total. The monoisotopic (exact) mass is 126 g/mol. The van der Waals surface area contributed by atoms with Gasteiger partial charge in [-0.3, -0.25) is 0 Å². The molecule has 52 valence electrons. The number of nitrogens with one attached hydrogen (secondary N) is 1. The molecule has 9 heavy (non-hydrogen) atoms. The zero-order valence-corrected chi connectivity index (χ0v) is 5.85. The SMILES string of the molecule is CCC1NCCC1=CN. The van der Waals surface area contributed by atoms with Crippen LogP contribution < -0.4 is 11.1 Å². The first-order valence-corrected chi connectivity index (χ1v) is 3.52. The van der Waals surface area contributed by atoms with Crippen molar-refractivity contribution in [2.24, 2.45) is 5.73 Å². The second kappa shape index (κ2) is 2.87. The summed E-state index contributed by atoms with van der Waals surface area (Å²) < 4.78 is 0. The molecule has 0 aromatic heterocycles. The van der Waals surface area contributed by atoms with Gasteiger partial charge in [-0.2, -0.15) is 0 Å². The lowest BCUT2D eigenvalue weighted by atomic mass is 10.1. The lowest BCUT2D eigenvalue weighted by Gasteiger charge is -2.06. The van der Waals surface area contributed by atoms with E-state index in [1.807, 2.05) is 0 Å². The summed E-state index contributed by atoms with van der Waals surface area (Å²) in [6, 6.07) is 0.565. The zero-order valence-electron chi connectivity index (χ0n) is 5.85. The Morgan fingerprint density at radius 3 is 3.11 bits per heavy atom. The van der Waals surface area contributed by atoms with Gasteiger partial charge < -0.3 is 11.1 Å². The van der Waals surface area contributed by atoms with Gasteiger partial charge in [0.25, 0.3) is 0 Å². The highest BCUT2D eigenvalue weighted by atomic mass is 14.9. The van der Waals surface area contributed by atoms with E-state index in [2.05, 4.69) is 12.2 Å². The van der Waals surface area contributed by atoms with E-state index in [9.17, 15) is 0 Å². The molecule has 0 aromatic rings. The van der Waals surface area contributed by atoms with E-state index in [0.29, 0.717) is 6.04 Å². The Balaban J connectivity index is 2.52. The topological polar surface area (TPSA) is 38.0 Å². The van der Waals surface area contributed by atoms with Crippen molar-refractivity contribution in [1.29, 1.82) is 0 Å². The fourth-order valence-electron chi connectivity index (χ4n) is 1.30. The van der Waals surface area contributed by atoms with Crippen LogP contribution in [0, 0.1) is 0 Å². The summed E-state index contributed by atoms with van der Waals surface area (Å²) in [7, 11) is 0. The molecule has 1 atom stereocenters. The van der Waals surface area contributed by atoms with Crippen LogP contribution in [0.2, 0.25) is 0 Å². The minimum atomic E-state index is 0.565. The smallest absolute Gasteiger partial charge is 0.0294 e. The Bertz CT molecular complexity index is 118. The second-order valence-electron chi connectivity index (χ2n) is 2.41. The van der Waals surface area contributed by atoms with Crippen molar-refractivity contribution in [1.82, 2.24) is 5.32 Å². The van der Waals surface area contributed by atoms with E-state index in [-0.39, 0.29) is 0 Å². The molecule has 0 saturated carbocycles. The third-order valence-electron chi connectivity index (χ3n) is 1.87. The van der Waals surface area contributed by atoms with Crippen LogP contribution in [0.15, 0.2) is 11.8 Å². The minimum Gasteiger partial charge on any atom is -0.405 e. The Morgan fingerprint density at radius 2 is 2.67 bits per heavy atom. The number of hydrogen-bond donors (Lipinski definition) is 2. The quantitative estimate of drug-likeness (QED) is 0.540. The Labute approximate surface area is 56.1 Å². The molecule has 1 heterocycles. The molecule has 0 aliphatic carbocycles. The summed E-state index contributed by atoms with van der Waals surface area (Å²) in [6.07, 6.45) is 4.03. The molecule has 0 radical (unpaired) electrons. The standard InChI is InChI=1S/C7H14N2/c1-2-7-6(5-8)3-4-9-7/h5,7,9H,2-4,8H2,1H3. The maximum absolute atomic E-state index is 5.40. The van der Waals surface area contributed by atoms with Crippen molar-refractivity contribution in [3.05, 3.63) is 11.8 Å². The van der Waals surface area contributed by atoms with E-state index in [1.54, 1.807) is 6.20 Å². The molecule has 2 heteroatoms. The first kappa shape index (κ1) is 6.62. The van der Waals surface area contributed by atoms with Crippen molar-refractivity contribution in [3.8, 4) is 0 Å². The second-order valence-corrected chi connectivity index (χ2v) is 2.41. The molecular formula is C7H14N2. The number of rotatable bonds is 1. The highest BCUT2D eigenvalue weighted by Crippen LogP contribution is 2.14. The summed E-state index contributed by atoms with van der Waals surface area (Å²) in [5, 5.41) is 3.36. The summed E-state index contributed by atoms with van der Waals surface area (Å²) in [4.78, 5) is 0. The van der Waals surface area contributed by atoms with Gasteiger partial charge in [0, 0.05) is 6.04 Å². The van der Waals surface area contributed by atoms with Crippen molar-refractivity contribution in [2.75, 3.05) is 6.54 Å². The summed E-state index contributed by atoms with van der Waals surface area (Å²) in [5.74, 6) is 0. The van der Waals surface area contributed by atoms with Gasteiger partial charge in [-0.15, -0.1) is 0 Å². The molecule has 1 saturated heterocycles. The van der Waals surface area contributed by atoms with E-state index < -0.39 is 0 Å². The van der Waals surface area contributed by atoms with Gasteiger partial charge in [-0.1, -0.05) is 6.92 Å². The molecule has 1 fully saturated rings. The van der Waals surface area contributed by atoms with Gasteiger partial charge in [-0.25, -0.2) is 0 Å². The highest BCUT2D eigenvalue weighted by Gasteiger charge is 2.16. The van der Waals surface area contributed by atoms with E-state index in [1.165, 1.54) is 5.57 Å². The molecule has 0 bridgehead atoms. The summed E-state index contributed by atoms with van der Waals surface area (Å²) in [6.45, 7) is 3.27. The lowest BCUT2D eigenvalue weighted by Crippen LogP contribution is -2.21. The molecule has 1 rings (SSSR count). The molecule has 1 aliphatic rings. The average molecular weight is 126 g/mol. The third kappa shape index (κ3) is 1.24. The predicted octanol–water partition coefficient (Wildman–Crippen LogP) is 0.601. The Morgan fingerprint density at radius 1 is 1.89 bits per heavy atom. The summed E-state index contributed by atoms with van der Waals surface area (Å²) >= 11 is 0. The fraction of sp³-hybridized carbons (Fsp3) is 0.714. The van der Waals surface area contributed by atoms with Gasteiger partial charge in [-0.05, 0) is 31.2 Å². The van der Waals surface area contributed by atoms with Crippen LogP contribution in [-0.2, 0) is 0 Å². The largest absolute Gasteiger partial charge is 0.405 e. The minimum absolute atomic E-state index is 0.565. The first-order chi connectivity index (χ1) is 4.38. The molecule has 1 aliphatic heterocycles. The highest BCUT2D eigenvalue weighted by molar-refractivity contribution is 5.13. The maximum Gasteiger partial charge on any atom is 0.0294 e. The van der Waals surface area contributed by atoms with Crippen molar-refractivity contribution < 1.29 is 0 Å². The first-order valence-electron chi connectivity index (χ1n) is 3.52. The normalized spacial score (nSPS) is 31.7. The van der Waals surface area contributed by atoms with Crippen LogP contribution in [0.1, 0.15) is 19.8 Å². The van der Waals surface area contributed by atoms with Crippen LogP contribution in [-0.4, -0.2) is 12.6 Å². The van der Waals surface area contributed by atoms with Crippen LogP contribution in [0.25, 0.3) is 0 Å². The van der Waals surface area contributed by atoms with Gasteiger partial charge >= 0.3 is 0 Å². The van der Waals surface area contributed by atoms with Crippen molar-refractivity contribution in [2.45, 2.75) is 25.8 Å². The average Bonchev–Trinajstić information content (AvgIpc) is 2.33. The molecule has 2 nitrogen and oxygen atoms in total. The molecule has 0 aromatic carbocycles. The zero-order chi connectivity index (χ0) is 6.69. The predicted molar refractivity (Wildman–Crippen MR) is 39.0 cm³/mol. The number of hydrogen-bond acceptors (Lipinski definition) is 2. The van der Waals surface area contributed by atoms with Crippen LogP contribution in [0.3, 0.4) is 0 Å². The van der Waals surface area contributed by atoms with E-state index in [4.69, 9.17) is 5.73 Å². The summed E-state index contributed by atoms with van der Waals surface area (Å²) in [5.41, 5.74) is 6.77. The third-order valence-corrected chi connectivity index (χ3v) is 1.87. The lowest BCUT2D eigenvalue weighted by molar-refractivity contribution is 0.644. The van der Waals surface area contributed by atoms with Crippen LogP contribution in [0.4, 0.5) is 0 Å². The number of nitrogens with two attached hydrogens (primary N) is 1. The fourth-order valence-corrected chi connectivity index (χ4v) is 1.30. The van der Waals surface area contributed by atoms with Crippen LogP contribution >= 0.6 is 0 Å². The van der Waals surface area contributed by atoms with E-state index >= 15 is 0 Å². The van der Waals surface area contributed by atoms with Gasteiger partial charge in [0.15, 0.2) is 0 Å². The molecule has 0 amide bonds. The van der Waals surface area contributed by atoms with E-state index in [0.717, 1.165) is 19.4 Å². The molecular weight excluding hydrogens is 112 g/mol. The van der Waals surface area contributed by atoms with Crippen molar-refractivity contribution >= 4 is 0 Å².